The van der Waals surface area contributed by atoms with Crippen molar-refractivity contribution in [1.82, 2.24) is 4.90 Å². The molecule has 6 nitrogen and oxygen atoms in total. The lowest BCUT2D eigenvalue weighted by molar-refractivity contribution is 0.0696. The fraction of sp³-hybridized carbons (Fsp3) is 0.231. The van der Waals surface area contributed by atoms with Crippen molar-refractivity contribution >= 4 is 40.3 Å². The lowest BCUT2D eigenvalue weighted by Gasteiger charge is -2.35. The molecule has 2 aliphatic rings. The summed E-state index contributed by atoms with van der Waals surface area (Å²) >= 11 is 2.13. The normalized spacial score (nSPS) is 15.2. The van der Waals surface area contributed by atoms with Gasteiger partial charge in [-0.25, -0.2) is 9.59 Å². The average molecular weight is 554 g/mol. The third-order valence-corrected chi connectivity index (χ3v) is 6.99. The standard InChI is InChI=1S/C26H23IN2O4/c27-18-13-17(25(30)31)14-19(15-18)28-9-11-29(12-10-28)26(32)33-16-24-22-7-3-1-5-20(22)21-6-2-4-8-23(21)24/h1-8,13-15,24H,9-12,16H2,(H,30,31). The number of carboxylic acid groups (broad SMARTS) is 1. The lowest BCUT2D eigenvalue weighted by Crippen LogP contribution is -2.49. The summed E-state index contributed by atoms with van der Waals surface area (Å²) in [5.41, 5.74) is 5.96. The van der Waals surface area contributed by atoms with Crippen LogP contribution in [0.15, 0.2) is 66.7 Å². The highest BCUT2D eigenvalue weighted by atomic mass is 127. The van der Waals surface area contributed by atoms with Crippen molar-refractivity contribution in [2.45, 2.75) is 5.92 Å². The van der Waals surface area contributed by atoms with Crippen LogP contribution in [-0.4, -0.2) is 54.9 Å². The first kappa shape index (κ1) is 21.8. The van der Waals surface area contributed by atoms with Crippen molar-refractivity contribution in [2.75, 3.05) is 37.7 Å². The minimum absolute atomic E-state index is 0.0449. The van der Waals surface area contributed by atoms with Gasteiger partial charge in [-0.05, 0) is 63.0 Å². The van der Waals surface area contributed by atoms with Gasteiger partial charge in [-0.3, -0.25) is 0 Å². The van der Waals surface area contributed by atoms with E-state index in [9.17, 15) is 14.7 Å². The zero-order valence-electron chi connectivity index (χ0n) is 17.9. The summed E-state index contributed by atoms with van der Waals surface area (Å²) in [6.07, 6.45) is -0.301. The SMILES string of the molecule is O=C(O)c1cc(I)cc(N2CCN(C(=O)OCC3c4ccccc4-c4ccccc43)CC2)c1. The van der Waals surface area contributed by atoms with E-state index >= 15 is 0 Å². The summed E-state index contributed by atoms with van der Waals surface area (Å²) in [6, 6.07) is 21.9. The Balaban J connectivity index is 1.22. The number of nitrogens with zero attached hydrogens (tertiary/aromatic N) is 2. The molecule has 0 radical (unpaired) electrons. The van der Waals surface area contributed by atoms with Gasteiger partial charge < -0.3 is 19.6 Å². The number of piperazine rings is 1. The van der Waals surface area contributed by atoms with Gasteiger partial charge in [0.15, 0.2) is 0 Å². The first-order valence-electron chi connectivity index (χ1n) is 10.9. The van der Waals surface area contributed by atoms with Crippen molar-refractivity contribution < 1.29 is 19.4 Å². The molecule has 3 aromatic carbocycles. The van der Waals surface area contributed by atoms with Gasteiger partial charge >= 0.3 is 12.1 Å². The van der Waals surface area contributed by atoms with Gasteiger partial charge in [-0.15, -0.1) is 0 Å². The number of benzene rings is 3. The van der Waals surface area contributed by atoms with Gasteiger partial charge in [0.25, 0.3) is 0 Å². The maximum Gasteiger partial charge on any atom is 0.409 e. The molecule has 0 bridgehead atoms. The molecule has 1 aliphatic heterocycles. The Morgan fingerprint density at radius 3 is 2.12 bits per heavy atom. The molecule has 1 N–H and O–H groups in total. The molecule has 1 aliphatic carbocycles. The van der Waals surface area contributed by atoms with Crippen LogP contribution in [0.4, 0.5) is 10.5 Å². The summed E-state index contributed by atoms with van der Waals surface area (Å²) in [6.45, 7) is 2.63. The molecule has 33 heavy (non-hydrogen) atoms. The van der Waals surface area contributed by atoms with Gasteiger partial charge in [0.05, 0.1) is 5.56 Å². The van der Waals surface area contributed by atoms with Crippen LogP contribution in [0.1, 0.15) is 27.4 Å². The highest BCUT2D eigenvalue weighted by molar-refractivity contribution is 14.1. The summed E-state index contributed by atoms with van der Waals surface area (Å²) in [7, 11) is 0. The van der Waals surface area contributed by atoms with Crippen molar-refractivity contribution in [3.05, 3.63) is 87.0 Å². The molecule has 0 unspecified atom stereocenters. The minimum atomic E-state index is -0.938. The molecular weight excluding hydrogens is 531 g/mol. The van der Waals surface area contributed by atoms with Crippen LogP contribution in [0.25, 0.3) is 11.1 Å². The van der Waals surface area contributed by atoms with Crippen molar-refractivity contribution in [2.24, 2.45) is 0 Å². The number of rotatable bonds is 4. The van der Waals surface area contributed by atoms with Gasteiger partial charge in [-0.1, -0.05) is 48.5 Å². The highest BCUT2D eigenvalue weighted by Gasteiger charge is 2.30. The molecule has 1 heterocycles. The molecule has 1 amide bonds. The number of fused-ring (bicyclic) bond motifs is 3. The molecule has 0 spiro atoms. The van der Waals surface area contributed by atoms with Crippen LogP contribution in [0, 0.1) is 3.57 Å². The number of carbonyl (C=O) groups excluding carboxylic acids is 1. The number of ether oxygens (including phenoxy) is 1. The largest absolute Gasteiger partial charge is 0.478 e. The number of amides is 1. The number of halogens is 1. The maximum absolute atomic E-state index is 12.8. The van der Waals surface area contributed by atoms with Crippen LogP contribution >= 0.6 is 22.6 Å². The summed E-state index contributed by atoms with van der Waals surface area (Å²) < 4.78 is 6.66. The van der Waals surface area contributed by atoms with Crippen LogP contribution in [0.3, 0.4) is 0 Å². The molecule has 3 aromatic rings. The third-order valence-electron chi connectivity index (χ3n) is 6.37. The van der Waals surface area contributed by atoms with E-state index in [0.717, 1.165) is 9.26 Å². The molecule has 0 atom stereocenters. The van der Waals surface area contributed by atoms with E-state index in [0.29, 0.717) is 32.8 Å². The van der Waals surface area contributed by atoms with Gasteiger partial charge in [-0.2, -0.15) is 0 Å². The molecule has 0 saturated carbocycles. The number of carbonyl (C=O) groups is 2. The summed E-state index contributed by atoms with van der Waals surface area (Å²) in [5.74, 6) is -0.893. The second-order valence-corrected chi connectivity index (χ2v) is 9.53. The Morgan fingerprint density at radius 2 is 1.52 bits per heavy atom. The average Bonchev–Trinajstić information content (AvgIpc) is 3.16. The molecule has 1 saturated heterocycles. The van der Waals surface area contributed by atoms with Gasteiger partial charge in [0.2, 0.25) is 0 Å². The van der Waals surface area contributed by atoms with Crippen LogP contribution in [0.2, 0.25) is 0 Å². The molecular formula is C26H23IN2O4. The monoisotopic (exact) mass is 554 g/mol. The third kappa shape index (κ3) is 4.29. The van der Waals surface area contributed by atoms with E-state index in [-0.39, 0.29) is 17.6 Å². The fourth-order valence-electron chi connectivity index (χ4n) is 4.71. The van der Waals surface area contributed by atoms with E-state index in [1.54, 1.807) is 17.0 Å². The molecule has 7 heteroatoms. The second-order valence-electron chi connectivity index (χ2n) is 8.28. The Bertz CT molecular complexity index is 1170. The number of hydrogen-bond donors (Lipinski definition) is 1. The Kier molecular flexibility index (Phi) is 5.97. The van der Waals surface area contributed by atoms with Gasteiger partial charge in [0.1, 0.15) is 6.61 Å². The molecule has 5 rings (SSSR count). The first-order valence-corrected chi connectivity index (χ1v) is 12.0. The maximum atomic E-state index is 12.8. The van der Waals surface area contributed by atoms with Crippen molar-refractivity contribution in [3.8, 4) is 11.1 Å². The highest BCUT2D eigenvalue weighted by Crippen LogP contribution is 2.44. The summed E-state index contributed by atoms with van der Waals surface area (Å²) in [5, 5.41) is 9.33. The zero-order valence-corrected chi connectivity index (χ0v) is 20.1. The Labute approximate surface area is 205 Å². The molecule has 168 valence electrons. The van der Waals surface area contributed by atoms with Gasteiger partial charge in [0, 0.05) is 41.4 Å². The van der Waals surface area contributed by atoms with Crippen molar-refractivity contribution in [3.63, 3.8) is 0 Å². The quantitative estimate of drug-likeness (QED) is 0.457. The minimum Gasteiger partial charge on any atom is -0.478 e. The number of anilines is 1. The fourth-order valence-corrected chi connectivity index (χ4v) is 5.37. The number of carboxylic acids is 1. The first-order chi connectivity index (χ1) is 16.0. The predicted molar refractivity (Wildman–Crippen MR) is 135 cm³/mol. The van der Waals surface area contributed by atoms with Crippen molar-refractivity contribution in [1.29, 1.82) is 0 Å². The van der Waals surface area contributed by atoms with E-state index < -0.39 is 5.97 Å². The molecule has 1 fully saturated rings. The second kappa shape index (κ2) is 9.05. The molecule has 0 aromatic heterocycles. The number of hydrogen-bond acceptors (Lipinski definition) is 4. The Hall–Kier alpha value is -3.07. The van der Waals surface area contributed by atoms with Crippen LogP contribution in [-0.2, 0) is 4.74 Å². The lowest BCUT2D eigenvalue weighted by atomic mass is 9.98. The van der Waals surface area contributed by atoms with E-state index in [2.05, 4.69) is 51.8 Å². The summed E-state index contributed by atoms with van der Waals surface area (Å²) in [4.78, 5) is 28.0. The van der Waals surface area contributed by atoms with E-state index in [4.69, 9.17) is 4.74 Å². The Morgan fingerprint density at radius 1 is 0.909 bits per heavy atom. The predicted octanol–water partition coefficient (Wildman–Crippen LogP) is 5.06. The zero-order chi connectivity index (χ0) is 22.9. The smallest absolute Gasteiger partial charge is 0.409 e. The van der Waals surface area contributed by atoms with E-state index in [1.165, 1.54) is 22.3 Å². The van der Waals surface area contributed by atoms with Crippen LogP contribution in [0.5, 0.6) is 0 Å². The van der Waals surface area contributed by atoms with Crippen LogP contribution < -0.4 is 4.90 Å². The van der Waals surface area contributed by atoms with E-state index in [1.807, 2.05) is 30.3 Å². The number of aromatic carboxylic acids is 1. The topological polar surface area (TPSA) is 70.1 Å².